The fraction of sp³-hybridized carbons (Fsp3) is 0.724. The molecule has 0 saturated carbocycles. The lowest BCUT2D eigenvalue weighted by Gasteiger charge is -2.08. The predicted molar refractivity (Wildman–Crippen MR) is 145 cm³/mol. The second kappa shape index (κ2) is 22.2. The summed E-state index contributed by atoms with van der Waals surface area (Å²) < 4.78 is 5.62. The lowest BCUT2D eigenvalue weighted by atomic mass is 10.1. The van der Waals surface area contributed by atoms with Crippen LogP contribution in [0.25, 0.3) is 0 Å². The Labute approximate surface area is 213 Å². The highest BCUT2D eigenvalue weighted by atomic mass is 16.5. The zero-order chi connectivity index (χ0) is 25.4. The summed E-state index contributed by atoms with van der Waals surface area (Å²) in [4.78, 5) is 22.5. The van der Waals surface area contributed by atoms with Crippen LogP contribution in [0.5, 0.6) is 11.5 Å². The van der Waals surface area contributed by atoms with Gasteiger partial charge in [0.1, 0.15) is 11.5 Å². The normalized spacial score (nSPS) is 10.8. The molecule has 0 bridgehead atoms. The van der Waals surface area contributed by atoms with Gasteiger partial charge in [-0.15, -0.1) is 0 Å². The molecule has 0 aromatic heterocycles. The summed E-state index contributed by atoms with van der Waals surface area (Å²) in [5, 5.41) is 15.6. The van der Waals surface area contributed by atoms with Crippen LogP contribution in [0.3, 0.4) is 0 Å². The third kappa shape index (κ3) is 17.8. The van der Waals surface area contributed by atoms with E-state index in [1.165, 1.54) is 83.1 Å². The van der Waals surface area contributed by atoms with Crippen LogP contribution in [0.4, 0.5) is 4.79 Å². The fourth-order valence-corrected chi connectivity index (χ4v) is 4.09. The number of aldehydes is 1. The topological polar surface area (TPSA) is 87.7 Å². The van der Waals surface area contributed by atoms with Gasteiger partial charge in [0.05, 0.1) is 12.2 Å². The van der Waals surface area contributed by atoms with Crippen LogP contribution in [0, 0.1) is 0 Å². The van der Waals surface area contributed by atoms with Crippen molar-refractivity contribution in [2.24, 2.45) is 0 Å². The van der Waals surface area contributed by atoms with E-state index in [2.05, 4.69) is 17.6 Å². The number of phenols is 1. The Morgan fingerprint density at radius 2 is 1.26 bits per heavy atom. The molecule has 0 atom stereocenters. The van der Waals surface area contributed by atoms with Crippen molar-refractivity contribution in [2.75, 3.05) is 19.7 Å². The molecular formula is C29H50N2O4. The maximum absolute atomic E-state index is 11.8. The number of benzene rings is 1. The minimum Gasteiger partial charge on any atom is -0.507 e. The first-order valence-electron chi connectivity index (χ1n) is 14.1. The van der Waals surface area contributed by atoms with Crippen LogP contribution >= 0.6 is 0 Å². The quantitative estimate of drug-likeness (QED) is 0.109. The van der Waals surface area contributed by atoms with E-state index in [0.29, 0.717) is 18.6 Å². The van der Waals surface area contributed by atoms with Gasteiger partial charge < -0.3 is 20.5 Å². The third-order valence-electron chi connectivity index (χ3n) is 6.32. The van der Waals surface area contributed by atoms with E-state index in [-0.39, 0.29) is 17.3 Å². The maximum Gasteiger partial charge on any atom is 0.314 e. The number of ether oxygens (including phenoxy) is 1. The van der Waals surface area contributed by atoms with Gasteiger partial charge in [0.15, 0.2) is 6.29 Å². The van der Waals surface area contributed by atoms with Gasteiger partial charge >= 0.3 is 6.03 Å². The molecule has 0 fully saturated rings. The molecule has 6 heteroatoms. The SMILES string of the molecule is CCCCCCCCCCCCNC(=O)NCCCCCCCCCOc1ccc(C=O)c(O)c1. The van der Waals surface area contributed by atoms with Crippen molar-refractivity contribution in [3.8, 4) is 11.5 Å². The molecule has 3 N–H and O–H groups in total. The molecule has 0 saturated heterocycles. The van der Waals surface area contributed by atoms with Crippen molar-refractivity contribution in [3.05, 3.63) is 23.8 Å². The van der Waals surface area contributed by atoms with Crippen molar-refractivity contribution in [3.63, 3.8) is 0 Å². The highest BCUT2D eigenvalue weighted by Gasteiger charge is 2.02. The van der Waals surface area contributed by atoms with Gasteiger partial charge in [-0.3, -0.25) is 4.79 Å². The zero-order valence-electron chi connectivity index (χ0n) is 22.1. The maximum atomic E-state index is 11.8. The first kappa shape index (κ1) is 30.8. The smallest absolute Gasteiger partial charge is 0.314 e. The zero-order valence-corrected chi connectivity index (χ0v) is 22.1. The number of nitrogens with one attached hydrogen (secondary N) is 2. The molecule has 0 aliphatic heterocycles. The Morgan fingerprint density at radius 1 is 0.771 bits per heavy atom. The molecule has 0 unspecified atom stereocenters. The molecule has 0 radical (unpaired) electrons. The molecule has 1 aromatic carbocycles. The minimum absolute atomic E-state index is 0.0324. The summed E-state index contributed by atoms with van der Waals surface area (Å²) in [6, 6.07) is 4.72. The molecule has 35 heavy (non-hydrogen) atoms. The molecule has 0 aliphatic rings. The number of carbonyl (C=O) groups is 2. The Kier molecular flexibility index (Phi) is 19.6. The highest BCUT2D eigenvalue weighted by molar-refractivity contribution is 5.79. The fourth-order valence-electron chi connectivity index (χ4n) is 4.09. The van der Waals surface area contributed by atoms with Gasteiger partial charge in [-0.1, -0.05) is 96.8 Å². The van der Waals surface area contributed by atoms with E-state index in [1.807, 2.05) is 0 Å². The molecule has 200 valence electrons. The van der Waals surface area contributed by atoms with Gasteiger partial charge in [0.2, 0.25) is 0 Å². The number of hydrogen-bond acceptors (Lipinski definition) is 4. The number of carbonyl (C=O) groups excluding carboxylic acids is 2. The lowest BCUT2D eigenvalue weighted by Crippen LogP contribution is -2.36. The number of urea groups is 1. The van der Waals surface area contributed by atoms with Crippen LogP contribution in [0.15, 0.2) is 18.2 Å². The summed E-state index contributed by atoms with van der Waals surface area (Å²) in [6.07, 6.45) is 21.5. The number of phenolic OH excluding ortho intramolecular Hbond substituents is 1. The first-order chi connectivity index (χ1) is 17.2. The van der Waals surface area contributed by atoms with Crippen LogP contribution in [-0.2, 0) is 0 Å². The van der Waals surface area contributed by atoms with Gasteiger partial charge in [-0.25, -0.2) is 4.79 Å². The van der Waals surface area contributed by atoms with Gasteiger partial charge in [0, 0.05) is 19.2 Å². The van der Waals surface area contributed by atoms with E-state index in [0.717, 1.165) is 45.2 Å². The van der Waals surface area contributed by atoms with E-state index in [9.17, 15) is 14.7 Å². The molecule has 1 rings (SSSR count). The number of rotatable bonds is 23. The minimum atomic E-state index is -0.0430. The summed E-state index contributed by atoms with van der Waals surface area (Å²) >= 11 is 0. The Hall–Kier alpha value is -2.24. The van der Waals surface area contributed by atoms with Crippen molar-refractivity contribution < 1.29 is 19.4 Å². The van der Waals surface area contributed by atoms with Crippen LogP contribution in [0.2, 0.25) is 0 Å². The molecular weight excluding hydrogens is 440 g/mol. The number of hydrogen-bond donors (Lipinski definition) is 3. The average molecular weight is 491 g/mol. The molecule has 2 amide bonds. The van der Waals surface area contributed by atoms with Crippen molar-refractivity contribution in [1.29, 1.82) is 0 Å². The largest absolute Gasteiger partial charge is 0.507 e. The van der Waals surface area contributed by atoms with Crippen molar-refractivity contribution in [2.45, 2.75) is 116 Å². The lowest BCUT2D eigenvalue weighted by molar-refractivity contribution is 0.112. The van der Waals surface area contributed by atoms with Crippen molar-refractivity contribution >= 4 is 12.3 Å². The number of amides is 2. The first-order valence-corrected chi connectivity index (χ1v) is 14.1. The second-order valence-electron chi connectivity index (χ2n) is 9.53. The Bertz CT molecular complexity index is 666. The monoisotopic (exact) mass is 490 g/mol. The molecule has 1 aromatic rings. The molecule has 0 aliphatic carbocycles. The molecule has 0 spiro atoms. The van der Waals surface area contributed by atoms with Crippen LogP contribution < -0.4 is 15.4 Å². The van der Waals surface area contributed by atoms with Gasteiger partial charge in [0.25, 0.3) is 0 Å². The van der Waals surface area contributed by atoms with E-state index >= 15 is 0 Å². The van der Waals surface area contributed by atoms with Crippen LogP contribution in [0.1, 0.15) is 126 Å². The summed E-state index contributed by atoms with van der Waals surface area (Å²) in [5.74, 6) is 0.548. The predicted octanol–water partition coefficient (Wildman–Crippen LogP) is 7.53. The van der Waals surface area contributed by atoms with E-state index in [4.69, 9.17) is 4.74 Å². The summed E-state index contributed by atoms with van der Waals surface area (Å²) in [7, 11) is 0. The number of unbranched alkanes of at least 4 members (excludes halogenated alkanes) is 15. The Morgan fingerprint density at radius 3 is 1.74 bits per heavy atom. The molecule has 6 nitrogen and oxygen atoms in total. The molecule has 0 heterocycles. The highest BCUT2D eigenvalue weighted by Crippen LogP contribution is 2.22. The van der Waals surface area contributed by atoms with E-state index in [1.54, 1.807) is 12.1 Å². The van der Waals surface area contributed by atoms with Crippen LogP contribution in [-0.4, -0.2) is 37.1 Å². The standard InChI is InChI=1S/C29H50N2O4/c1-2-3-4-5-6-7-8-10-13-16-21-30-29(34)31-22-17-14-11-9-12-15-18-23-35-27-20-19-26(25-32)28(33)24-27/h19-20,24-25,33H,2-18,21-23H2,1H3,(H2,30,31,34). The average Bonchev–Trinajstić information content (AvgIpc) is 2.86. The van der Waals surface area contributed by atoms with Crippen molar-refractivity contribution in [1.82, 2.24) is 10.6 Å². The third-order valence-corrected chi connectivity index (χ3v) is 6.32. The summed E-state index contributed by atoms with van der Waals surface area (Å²) in [5.41, 5.74) is 0.275. The van der Waals surface area contributed by atoms with E-state index < -0.39 is 0 Å². The summed E-state index contributed by atoms with van der Waals surface area (Å²) in [6.45, 7) is 4.39. The van der Waals surface area contributed by atoms with Gasteiger partial charge in [-0.05, 0) is 31.4 Å². The Balaban J connectivity index is 1.80. The number of aromatic hydroxyl groups is 1. The second-order valence-corrected chi connectivity index (χ2v) is 9.53. The van der Waals surface area contributed by atoms with Gasteiger partial charge in [-0.2, -0.15) is 0 Å².